The normalized spacial score (nSPS) is 16.0. The fourth-order valence-electron chi connectivity index (χ4n) is 2.19. The molecule has 1 heterocycles. The summed E-state index contributed by atoms with van der Waals surface area (Å²) in [5.41, 5.74) is 6.21. The molecule has 1 aromatic rings. The van der Waals surface area contributed by atoms with Crippen molar-refractivity contribution in [2.75, 3.05) is 13.1 Å². The van der Waals surface area contributed by atoms with Crippen LogP contribution in [0.4, 0.5) is 0 Å². The number of nitrogens with two attached hydrogens (primary N) is 1. The predicted octanol–water partition coefficient (Wildman–Crippen LogP) is 2.36. The summed E-state index contributed by atoms with van der Waals surface area (Å²) in [5.74, 6) is 0.462. The molecule has 20 heavy (non-hydrogen) atoms. The Hall–Kier alpha value is -1.33. The van der Waals surface area contributed by atoms with Crippen molar-refractivity contribution in [2.45, 2.75) is 25.9 Å². The van der Waals surface area contributed by atoms with E-state index in [2.05, 4.69) is 0 Å². The molecule has 1 aromatic carbocycles. The molecule has 2 rings (SSSR count). The van der Waals surface area contributed by atoms with E-state index in [1.807, 2.05) is 4.90 Å². The third-order valence-electron chi connectivity index (χ3n) is 3.29. The number of hydrogen-bond donors (Lipinski definition) is 1. The zero-order valence-electron chi connectivity index (χ0n) is 11.3. The Morgan fingerprint density at radius 1 is 1.45 bits per heavy atom. The summed E-state index contributed by atoms with van der Waals surface area (Å²) < 4.78 is 5.65. The lowest BCUT2D eigenvalue weighted by Crippen LogP contribution is -2.38. The van der Waals surface area contributed by atoms with Crippen molar-refractivity contribution < 1.29 is 9.53 Å². The summed E-state index contributed by atoms with van der Waals surface area (Å²) in [6, 6.07) is 5.06. The molecule has 4 nitrogen and oxygen atoms in total. The molecular weight excluding hydrogens is 296 g/mol. The van der Waals surface area contributed by atoms with Gasteiger partial charge >= 0.3 is 0 Å². The summed E-state index contributed by atoms with van der Waals surface area (Å²) in [6.45, 7) is 3.35. The molecule has 1 unspecified atom stereocenters. The van der Waals surface area contributed by atoms with Gasteiger partial charge in [0.2, 0.25) is 0 Å². The van der Waals surface area contributed by atoms with Crippen LogP contribution in [0.5, 0.6) is 5.75 Å². The Bertz CT molecular complexity index is 530. The smallest absolute Gasteiger partial charge is 0.263 e. The van der Waals surface area contributed by atoms with Gasteiger partial charge in [0.25, 0.3) is 5.91 Å². The minimum absolute atomic E-state index is 0.00279. The van der Waals surface area contributed by atoms with Crippen LogP contribution in [0.2, 0.25) is 5.02 Å². The first-order valence-electron chi connectivity index (χ1n) is 6.54. The summed E-state index contributed by atoms with van der Waals surface area (Å²) >= 11 is 11.0. The van der Waals surface area contributed by atoms with E-state index in [9.17, 15) is 4.79 Å². The van der Waals surface area contributed by atoms with Crippen LogP contribution >= 0.6 is 23.8 Å². The zero-order chi connectivity index (χ0) is 14.7. The van der Waals surface area contributed by atoms with E-state index < -0.39 is 6.10 Å². The van der Waals surface area contributed by atoms with E-state index >= 15 is 0 Å². The van der Waals surface area contributed by atoms with Gasteiger partial charge in [0, 0.05) is 18.7 Å². The highest BCUT2D eigenvalue weighted by Gasteiger charge is 2.25. The van der Waals surface area contributed by atoms with Crippen molar-refractivity contribution in [3.05, 3.63) is 28.8 Å². The van der Waals surface area contributed by atoms with Crippen molar-refractivity contribution in [3.63, 3.8) is 0 Å². The first-order valence-corrected chi connectivity index (χ1v) is 7.32. The summed E-state index contributed by atoms with van der Waals surface area (Å²) in [6.07, 6.45) is 1.56. The van der Waals surface area contributed by atoms with Crippen molar-refractivity contribution >= 4 is 34.7 Å². The summed E-state index contributed by atoms with van der Waals surface area (Å²) in [5, 5.41) is 0.399. The van der Waals surface area contributed by atoms with Gasteiger partial charge in [-0.2, -0.15) is 0 Å². The van der Waals surface area contributed by atoms with Gasteiger partial charge in [0.05, 0.1) is 5.02 Å². The Morgan fingerprint density at radius 3 is 2.65 bits per heavy atom. The fourth-order valence-corrected chi connectivity index (χ4v) is 2.54. The van der Waals surface area contributed by atoms with Crippen LogP contribution in [0.1, 0.15) is 25.3 Å². The number of likely N-dealkylation sites (tertiary alicyclic amines) is 1. The number of carbonyl (C=O) groups is 1. The number of nitrogens with zero attached hydrogens (tertiary/aromatic N) is 1. The van der Waals surface area contributed by atoms with Crippen molar-refractivity contribution in [1.29, 1.82) is 0 Å². The molecule has 1 saturated heterocycles. The van der Waals surface area contributed by atoms with Gasteiger partial charge < -0.3 is 15.4 Å². The Labute approximate surface area is 128 Å². The van der Waals surface area contributed by atoms with Gasteiger partial charge in [-0.1, -0.05) is 23.8 Å². The highest BCUT2D eigenvalue weighted by atomic mass is 35.5. The number of halogens is 1. The zero-order valence-corrected chi connectivity index (χ0v) is 12.8. The standard InChI is InChI=1S/C14H17ClN2O2S/c1-9(14(18)17-6-2-3-7-17)19-12-5-4-10(13(16)20)8-11(12)15/h4-5,8-9H,2-3,6-7H2,1H3,(H2,16,20). The van der Waals surface area contributed by atoms with Crippen molar-refractivity contribution in [1.82, 2.24) is 4.90 Å². The molecule has 6 heteroatoms. The van der Waals surface area contributed by atoms with E-state index in [1.165, 1.54) is 0 Å². The second kappa shape index (κ2) is 6.41. The predicted molar refractivity (Wildman–Crippen MR) is 83.2 cm³/mol. The number of thiocarbonyl (C=S) groups is 1. The second-order valence-corrected chi connectivity index (χ2v) is 5.65. The first kappa shape index (κ1) is 15.1. The minimum Gasteiger partial charge on any atom is -0.479 e. The van der Waals surface area contributed by atoms with Crippen LogP contribution in [0.15, 0.2) is 18.2 Å². The summed E-state index contributed by atoms with van der Waals surface area (Å²) in [4.78, 5) is 14.3. The molecule has 0 aliphatic carbocycles. The van der Waals surface area contributed by atoms with Gasteiger partial charge in [-0.05, 0) is 38.0 Å². The molecule has 0 spiro atoms. The second-order valence-electron chi connectivity index (χ2n) is 4.80. The molecule has 0 radical (unpaired) electrons. The molecule has 2 N–H and O–H groups in total. The van der Waals surface area contributed by atoms with E-state index in [-0.39, 0.29) is 10.9 Å². The average Bonchev–Trinajstić information content (AvgIpc) is 2.93. The van der Waals surface area contributed by atoms with Crippen LogP contribution in [-0.4, -0.2) is 35.0 Å². The fraction of sp³-hybridized carbons (Fsp3) is 0.429. The van der Waals surface area contributed by atoms with Crippen LogP contribution < -0.4 is 10.5 Å². The van der Waals surface area contributed by atoms with Crippen LogP contribution in [-0.2, 0) is 4.79 Å². The van der Waals surface area contributed by atoms with Gasteiger partial charge in [-0.25, -0.2) is 0 Å². The number of ether oxygens (including phenoxy) is 1. The highest BCUT2D eigenvalue weighted by Crippen LogP contribution is 2.27. The van der Waals surface area contributed by atoms with Crippen molar-refractivity contribution in [3.8, 4) is 5.75 Å². The molecule has 1 atom stereocenters. The molecule has 0 bridgehead atoms. The summed E-state index contributed by atoms with van der Waals surface area (Å²) in [7, 11) is 0. The molecule has 108 valence electrons. The third-order valence-corrected chi connectivity index (χ3v) is 3.82. The first-order chi connectivity index (χ1) is 9.49. The highest BCUT2D eigenvalue weighted by molar-refractivity contribution is 7.80. The number of carbonyl (C=O) groups excluding carboxylic acids is 1. The topological polar surface area (TPSA) is 55.6 Å². The van der Waals surface area contributed by atoms with E-state index in [0.717, 1.165) is 25.9 Å². The molecule has 1 aliphatic rings. The maximum Gasteiger partial charge on any atom is 0.263 e. The van der Waals surface area contributed by atoms with Crippen LogP contribution in [0.3, 0.4) is 0 Å². The van der Waals surface area contributed by atoms with Gasteiger partial charge in [0.15, 0.2) is 6.10 Å². The average molecular weight is 313 g/mol. The monoisotopic (exact) mass is 312 g/mol. The number of hydrogen-bond acceptors (Lipinski definition) is 3. The number of amides is 1. The molecule has 0 aromatic heterocycles. The molecule has 0 saturated carbocycles. The Kier molecular flexibility index (Phi) is 4.83. The van der Waals surface area contributed by atoms with Gasteiger partial charge in [-0.3, -0.25) is 4.79 Å². The van der Waals surface area contributed by atoms with Crippen LogP contribution in [0, 0.1) is 0 Å². The minimum atomic E-state index is -0.554. The lowest BCUT2D eigenvalue weighted by Gasteiger charge is -2.21. The SMILES string of the molecule is CC(Oc1ccc(C(N)=S)cc1Cl)C(=O)N1CCCC1. The maximum absolute atomic E-state index is 12.2. The van der Waals surface area contributed by atoms with E-state index in [4.69, 9.17) is 34.3 Å². The van der Waals surface area contributed by atoms with E-state index in [0.29, 0.717) is 16.3 Å². The molecule has 1 aliphatic heterocycles. The Morgan fingerprint density at radius 2 is 2.10 bits per heavy atom. The molecule has 1 fully saturated rings. The number of rotatable bonds is 4. The Balaban J connectivity index is 2.05. The molecular formula is C14H17ClN2O2S. The van der Waals surface area contributed by atoms with E-state index in [1.54, 1.807) is 25.1 Å². The quantitative estimate of drug-likeness (QED) is 0.867. The number of benzene rings is 1. The van der Waals surface area contributed by atoms with Crippen molar-refractivity contribution in [2.24, 2.45) is 5.73 Å². The third kappa shape index (κ3) is 3.41. The van der Waals surface area contributed by atoms with Crippen LogP contribution in [0.25, 0.3) is 0 Å². The van der Waals surface area contributed by atoms with Gasteiger partial charge in [0.1, 0.15) is 10.7 Å². The van der Waals surface area contributed by atoms with Gasteiger partial charge in [-0.15, -0.1) is 0 Å². The lowest BCUT2D eigenvalue weighted by molar-refractivity contribution is -0.136. The maximum atomic E-state index is 12.2. The largest absolute Gasteiger partial charge is 0.479 e. The molecule has 1 amide bonds. The lowest BCUT2D eigenvalue weighted by atomic mass is 10.2.